The van der Waals surface area contributed by atoms with E-state index >= 15 is 0 Å². The van der Waals surface area contributed by atoms with Crippen LogP contribution in [0.2, 0.25) is 5.02 Å². The SMILES string of the molecule is O=[N+]([O-])c1ccc(CNCCCOCC2CC2)c(Cl)c1. The summed E-state index contributed by atoms with van der Waals surface area (Å²) in [6.45, 7) is 3.13. The zero-order chi connectivity index (χ0) is 14.4. The summed E-state index contributed by atoms with van der Waals surface area (Å²) in [6.07, 6.45) is 3.59. The van der Waals surface area contributed by atoms with Gasteiger partial charge in [0.2, 0.25) is 0 Å². The van der Waals surface area contributed by atoms with Crippen LogP contribution in [0.1, 0.15) is 24.8 Å². The molecule has 1 aromatic carbocycles. The van der Waals surface area contributed by atoms with Gasteiger partial charge in [-0.05, 0) is 43.4 Å². The lowest BCUT2D eigenvalue weighted by molar-refractivity contribution is -0.384. The van der Waals surface area contributed by atoms with E-state index in [9.17, 15) is 10.1 Å². The first-order valence-electron chi connectivity index (χ1n) is 6.88. The van der Waals surface area contributed by atoms with E-state index in [0.29, 0.717) is 11.6 Å². The molecule has 0 saturated heterocycles. The molecule has 1 N–H and O–H groups in total. The molecule has 0 heterocycles. The first-order chi connectivity index (χ1) is 9.66. The normalized spacial score (nSPS) is 14.4. The molecule has 0 spiro atoms. The van der Waals surface area contributed by atoms with Crippen LogP contribution in [0.15, 0.2) is 18.2 Å². The number of nitrogens with zero attached hydrogens (tertiary/aromatic N) is 1. The fourth-order valence-corrected chi connectivity index (χ4v) is 2.09. The van der Waals surface area contributed by atoms with Gasteiger partial charge in [0.05, 0.1) is 9.95 Å². The number of non-ortho nitro benzene ring substituents is 1. The van der Waals surface area contributed by atoms with Crippen molar-refractivity contribution < 1.29 is 9.66 Å². The van der Waals surface area contributed by atoms with Gasteiger partial charge in [-0.1, -0.05) is 11.6 Å². The van der Waals surface area contributed by atoms with E-state index in [2.05, 4.69) is 5.32 Å². The van der Waals surface area contributed by atoms with Crippen molar-refractivity contribution in [3.63, 3.8) is 0 Å². The van der Waals surface area contributed by atoms with Gasteiger partial charge in [0.1, 0.15) is 0 Å². The minimum absolute atomic E-state index is 0.0206. The second-order valence-corrected chi connectivity index (χ2v) is 5.49. The molecule has 1 aromatic rings. The summed E-state index contributed by atoms with van der Waals surface area (Å²) in [4.78, 5) is 10.2. The van der Waals surface area contributed by atoms with E-state index in [1.165, 1.54) is 25.0 Å². The molecule has 1 fully saturated rings. The van der Waals surface area contributed by atoms with Gasteiger partial charge in [-0.3, -0.25) is 10.1 Å². The molecule has 6 heteroatoms. The van der Waals surface area contributed by atoms with Crippen LogP contribution in [0.5, 0.6) is 0 Å². The van der Waals surface area contributed by atoms with Crippen LogP contribution in [0.25, 0.3) is 0 Å². The predicted octanol–water partition coefficient (Wildman–Crippen LogP) is 3.15. The highest BCUT2D eigenvalue weighted by Crippen LogP contribution is 2.28. The highest BCUT2D eigenvalue weighted by molar-refractivity contribution is 6.31. The third kappa shape index (κ3) is 5.07. The zero-order valence-corrected chi connectivity index (χ0v) is 12.1. The second kappa shape index (κ2) is 7.57. The lowest BCUT2D eigenvalue weighted by Crippen LogP contribution is -2.17. The fraction of sp³-hybridized carbons (Fsp3) is 0.571. The van der Waals surface area contributed by atoms with Crippen molar-refractivity contribution in [2.45, 2.75) is 25.8 Å². The van der Waals surface area contributed by atoms with Gasteiger partial charge in [-0.25, -0.2) is 0 Å². The Morgan fingerprint density at radius 2 is 2.25 bits per heavy atom. The summed E-state index contributed by atoms with van der Waals surface area (Å²) in [5, 5.41) is 14.3. The topological polar surface area (TPSA) is 64.4 Å². The lowest BCUT2D eigenvalue weighted by Gasteiger charge is -2.07. The fourth-order valence-electron chi connectivity index (χ4n) is 1.85. The monoisotopic (exact) mass is 298 g/mol. The van der Waals surface area contributed by atoms with Crippen molar-refractivity contribution in [3.05, 3.63) is 38.9 Å². The number of hydrogen-bond donors (Lipinski definition) is 1. The Morgan fingerprint density at radius 1 is 1.45 bits per heavy atom. The summed E-state index contributed by atoms with van der Waals surface area (Å²) in [7, 11) is 0. The highest BCUT2D eigenvalue weighted by atomic mass is 35.5. The number of benzene rings is 1. The number of rotatable bonds is 9. The molecule has 2 rings (SSSR count). The maximum absolute atomic E-state index is 10.6. The lowest BCUT2D eigenvalue weighted by atomic mass is 10.2. The van der Waals surface area contributed by atoms with Crippen molar-refractivity contribution in [1.82, 2.24) is 5.32 Å². The number of halogens is 1. The van der Waals surface area contributed by atoms with E-state index in [-0.39, 0.29) is 5.69 Å². The summed E-state index contributed by atoms with van der Waals surface area (Å²) in [6, 6.07) is 4.55. The average Bonchev–Trinajstić information content (AvgIpc) is 3.23. The Balaban J connectivity index is 1.61. The van der Waals surface area contributed by atoms with Gasteiger partial charge >= 0.3 is 0 Å². The first-order valence-corrected chi connectivity index (χ1v) is 7.26. The van der Waals surface area contributed by atoms with Gasteiger partial charge in [0.15, 0.2) is 0 Å². The summed E-state index contributed by atoms with van der Waals surface area (Å²) >= 11 is 6.01. The molecule has 0 amide bonds. The number of nitro groups is 1. The third-order valence-electron chi connectivity index (χ3n) is 3.26. The van der Waals surface area contributed by atoms with Crippen molar-refractivity contribution in [1.29, 1.82) is 0 Å². The van der Waals surface area contributed by atoms with Crippen molar-refractivity contribution in [2.75, 3.05) is 19.8 Å². The maximum atomic E-state index is 10.6. The molecular formula is C14H19ClN2O3. The molecule has 0 aromatic heterocycles. The molecular weight excluding hydrogens is 280 g/mol. The molecule has 1 saturated carbocycles. The van der Waals surface area contributed by atoms with Crippen molar-refractivity contribution in [2.24, 2.45) is 5.92 Å². The zero-order valence-electron chi connectivity index (χ0n) is 11.3. The Kier molecular flexibility index (Phi) is 5.76. The molecule has 5 nitrogen and oxygen atoms in total. The van der Waals surface area contributed by atoms with Gasteiger partial charge < -0.3 is 10.1 Å². The molecule has 0 atom stereocenters. The number of nitro benzene ring substituents is 1. The largest absolute Gasteiger partial charge is 0.381 e. The Morgan fingerprint density at radius 3 is 2.90 bits per heavy atom. The summed E-state index contributed by atoms with van der Waals surface area (Å²) < 4.78 is 5.53. The summed E-state index contributed by atoms with van der Waals surface area (Å²) in [5.74, 6) is 0.807. The first kappa shape index (κ1) is 15.2. The predicted molar refractivity (Wildman–Crippen MR) is 78.0 cm³/mol. The molecule has 0 unspecified atom stereocenters. The molecule has 1 aliphatic carbocycles. The van der Waals surface area contributed by atoms with Crippen LogP contribution in [0.3, 0.4) is 0 Å². The van der Waals surface area contributed by atoms with Crippen LogP contribution < -0.4 is 5.32 Å². The molecule has 0 bridgehead atoms. The second-order valence-electron chi connectivity index (χ2n) is 5.08. The van der Waals surface area contributed by atoms with Crippen molar-refractivity contribution >= 4 is 17.3 Å². The highest BCUT2D eigenvalue weighted by Gasteiger charge is 2.20. The summed E-state index contributed by atoms with van der Waals surface area (Å²) in [5.41, 5.74) is 0.892. The third-order valence-corrected chi connectivity index (χ3v) is 3.61. The van der Waals surface area contributed by atoms with Gasteiger partial charge in [0, 0.05) is 31.9 Å². The van der Waals surface area contributed by atoms with Crippen LogP contribution in [-0.2, 0) is 11.3 Å². The smallest absolute Gasteiger partial charge is 0.270 e. The van der Waals surface area contributed by atoms with Gasteiger partial charge in [-0.15, -0.1) is 0 Å². The quantitative estimate of drug-likeness (QED) is 0.432. The number of nitrogens with one attached hydrogen (secondary N) is 1. The molecule has 110 valence electrons. The van der Waals surface area contributed by atoms with Crippen molar-refractivity contribution in [3.8, 4) is 0 Å². The minimum Gasteiger partial charge on any atom is -0.381 e. The van der Waals surface area contributed by atoms with E-state index in [4.69, 9.17) is 16.3 Å². The standard InChI is InChI=1S/C14H19ClN2O3/c15-14-8-13(17(18)19)5-4-12(14)9-16-6-1-7-20-10-11-2-3-11/h4-5,8,11,16H,1-3,6-7,9-10H2. The van der Waals surface area contributed by atoms with Gasteiger partial charge in [0.25, 0.3) is 5.69 Å². The Hall–Kier alpha value is -1.17. The van der Waals surface area contributed by atoms with Crippen LogP contribution in [-0.4, -0.2) is 24.7 Å². The maximum Gasteiger partial charge on any atom is 0.270 e. The molecule has 1 aliphatic rings. The Bertz CT molecular complexity index is 464. The molecule has 20 heavy (non-hydrogen) atoms. The Labute approximate surface area is 123 Å². The van der Waals surface area contributed by atoms with Crippen LogP contribution in [0.4, 0.5) is 5.69 Å². The van der Waals surface area contributed by atoms with E-state index in [0.717, 1.165) is 37.7 Å². The van der Waals surface area contributed by atoms with Gasteiger partial charge in [-0.2, -0.15) is 0 Å². The minimum atomic E-state index is -0.444. The van der Waals surface area contributed by atoms with E-state index in [1.54, 1.807) is 6.07 Å². The number of hydrogen-bond acceptors (Lipinski definition) is 4. The molecule has 0 radical (unpaired) electrons. The van der Waals surface area contributed by atoms with E-state index < -0.39 is 4.92 Å². The average molecular weight is 299 g/mol. The number of ether oxygens (including phenoxy) is 1. The van der Waals surface area contributed by atoms with Crippen LogP contribution >= 0.6 is 11.6 Å². The van der Waals surface area contributed by atoms with E-state index in [1.807, 2.05) is 0 Å². The van der Waals surface area contributed by atoms with Crippen LogP contribution in [0, 0.1) is 16.0 Å². The molecule has 0 aliphatic heterocycles.